The quantitative estimate of drug-likeness (QED) is 0.485. The number of likely N-dealkylation sites (N-methyl/N-ethyl adjacent to an activating group) is 1. The fourth-order valence-corrected chi connectivity index (χ4v) is 4.40. The molecule has 8 nitrogen and oxygen atoms in total. The maximum Gasteiger partial charge on any atom is 0.256 e. The van der Waals surface area contributed by atoms with Crippen molar-refractivity contribution in [2.24, 2.45) is 0 Å². The van der Waals surface area contributed by atoms with E-state index in [1.54, 1.807) is 14.2 Å². The number of aromatic amines is 1. The number of methoxy groups -OCH3 is 2. The van der Waals surface area contributed by atoms with Gasteiger partial charge >= 0.3 is 0 Å². The summed E-state index contributed by atoms with van der Waals surface area (Å²) in [6, 6.07) is 15.6. The number of anilines is 2. The summed E-state index contributed by atoms with van der Waals surface area (Å²) >= 11 is 0. The van der Waals surface area contributed by atoms with Gasteiger partial charge in [-0.1, -0.05) is 6.92 Å². The van der Waals surface area contributed by atoms with Crippen LogP contribution in [0.3, 0.4) is 0 Å². The molecule has 0 radical (unpaired) electrons. The third-order valence-electron chi connectivity index (χ3n) is 6.49. The Morgan fingerprint density at radius 1 is 0.971 bits per heavy atom. The molecule has 0 atom stereocenters. The van der Waals surface area contributed by atoms with Gasteiger partial charge in [-0.15, -0.1) is 0 Å². The van der Waals surface area contributed by atoms with Crippen molar-refractivity contribution in [2.45, 2.75) is 26.2 Å². The highest BCUT2D eigenvalue weighted by molar-refractivity contribution is 6.03. The first-order chi connectivity index (χ1) is 17.1. The molecule has 1 aliphatic heterocycles. The molecule has 4 rings (SSSR count). The van der Waals surface area contributed by atoms with Crippen LogP contribution in [0, 0.1) is 0 Å². The Kier molecular flexibility index (Phi) is 8.26. The van der Waals surface area contributed by atoms with E-state index in [-0.39, 0.29) is 5.91 Å². The standard InChI is InChI=1S/C27H35N5O3/c1-4-31-12-5-13-32(15-14-31)23-10-7-21(8-11-23)27(33)28-26-18-22(29-30-26)9-6-20-16-24(34-2)19-25(17-20)35-3/h7-8,10-11,16-19H,4-6,9,12-15H2,1-3H3,(H2,28,29,30,33). The number of ether oxygens (including phenoxy) is 2. The van der Waals surface area contributed by atoms with Crippen LogP contribution in [-0.2, 0) is 12.8 Å². The Labute approximate surface area is 207 Å². The lowest BCUT2D eigenvalue weighted by Gasteiger charge is -2.23. The molecule has 1 aliphatic rings. The maximum absolute atomic E-state index is 12.8. The summed E-state index contributed by atoms with van der Waals surface area (Å²) < 4.78 is 10.7. The van der Waals surface area contributed by atoms with Gasteiger partial charge in [-0.05, 0) is 74.3 Å². The van der Waals surface area contributed by atoms with Crippen molar-refractivity contribution in [3.8, 4) is 11.5 Å². The molecule has 8 heteroatoms. The van der Waals surface area contributed by atoms with Crippen molar-refractivity contribution < 1.29 is 14.3 Å². The first kappa shape index (κ1) is 24.6. The average molecular weight is 478 g/mol. The number of hydrogen-bond donors (Lipinski definition) is 2. The number of amides is 1. The maximum atomic E-state index is 12.8. The molecule has 2 aromatic carbocycles. The van der Waals surface area contributed by atoms with E-state index in [1.807, 2.05) is 48.5 Å². The summed E-state index contributed by atoms with van der Waals surface area (Å²) in [5.41, 5.74) is 3.76. The third-order valence-corrected chi connectivity index (χ3v) is 6.49. The zero-order valence-electron chi connectivity index (χ0n) is 20.8. The highest BCUT2D eigenvalue weighted by atomic mass is 16.5. The van der Waals surface area contributed by atoms with E-state index < -0.39 is 0 Å². The van der Waals surface area contributed by atoms with Crippen molar-refractivity contribution in [1.82, 2.24) is 15.1 Å². The predicted octanol–water partition coefficient (Wildman–Crippen LogP) is 4.00. The van der Waals surface area contributed by atoms with E-state index in [9.17, 15) is 4.79 Å². The lowest BCUT2D eigenvalue weighted by Crippen LogP contribution is -2.30. The normalized spacial score (nSPS) is 14.4. The average Bonchev–Trinajstić information content (AvgIpc) is 3.20. The van der Waals surface area contributed by atoms with Gasteiger partial charge in [-0.3, -0.25) is 9.89 Å². The number of rotatable bonds is 9. The largest absolute Gasteiger partial charge is 0.497 e. The molecular formula is C27H35N5O3. The number of hydrogen-bond acceptors (Lipinski definition) is 6. The van der Waals surface area contributed by atoms with Crippen LogP contribution < -0.4 is 19.7 Å². The van der Waals surface area contributed by atoms with Gasteiger partial charge in [-0.25, -0.2) is 0 Å². The fraction of sp³-hybridized carbons (Fsp3) is 0.407. The second kappa shape index (κ2) is 11.8. The van der Waals surface area contributed by atoms with Crippen molar-refractivity contribution in [3.05, 3.63) is 65.4 Å². The van der Waals surface area contributed by atoms with E-state index in [0.717, 1.165) is 80.4 Å². The van der Waals surface area contributed by atoms with Gasteiger partial charge < -0.3 is 24.6 Å². The van der Waals surface area contributed by atoms with Crippen molar-refractivity contribution in [1.29, 1.82) is 0 Å². The first-order valence-corrected chi connectivity index (χ1v) is 12.2. The monoisotopic (exact) mass is 477 g/mol. The zero-order valence-corrected chi connectivity index (χ0v) is 20.8. The Bertz CT molecular complexity index is 1090. The number of aryl methyl sites for hydroxylation is 2. The van der Waals surface area contributed by atoms with Crippen LogP contribution in [0.4, 0.5) is 11.5 Å². The van der Waals surface area contributed by atoms with Crippen LogP contribution in [0.5, 0.6) is 11.5 Å². The number of carbonyl (C=O) groups is 1. The van der Waals surface area contributed by atoms with E-state index in [1.165, 1.54) is 0 Å². The van der Waals surface area contributed by atoms with Crippen molar-refractivity contribution in [2.75, 3.05) is 57.2 Å². The SMILES string of the molecule is CCN1CCCN(c2ccc(C(=O)Nc3cc(CCc4cc(OC)cc(OC)c4)n[nH]3)cc2)CC1. The van der Waals surface area contributed by atoms with Crippen LogP contribution in [0.15, 0.2) is 48.5 Å². The van der Waals surface area contributed by atoms with Gasteiger partial charge in [-0.2, -0.15) is 5.10 Å². The smallest absolute Gasteiger partial charge is 0.256 e. The number of H-pyrrole nitrogens is 1. The first-order valence-electron chi connectivity index (χ1n) is 12.2. The molecule has 0 aliphatic carbocycles. The minimum Gasteiger partial charge on any atom is -0.497 e. The molecule has 3 aromatic rings. The van der Waals surface area contributed by atoms with E-state index >= 15 is 0 Å². The predicted molar refractivity (Wildman–Crippen MR) is 139 cm³/mol. The number of carbonyl (C=O) groups excluding carboxylic acids is 1. The number of nitrogens with zero attached hydrogens (tertiary/aromatic N) is 3. The summed E-state index contributed by atoms with van der Waals surface area (Å²) in [5.74, 6) is 1.96. The Morgan fingerprint density at radius 2 is 1.71 bits per heavy atom. The van der Waals surface area contributed by atoms with Gasteiger partial charge in [0, 0.05) is 43.0 Å². The van der Waals surface area contributed by atoms with Crippen LogP contribution in [-0.4, -0.2) is 67.9 Å². The lowest BCUT2D eigenvalue weighted by atomic mass is 10.1. The summed E-state index contributed by atoms with van der Waals surface area (Å²) in [4.78, 5) is 17.6. The molecule has 0 saturated carbocycles. The molecular weight excluding hydrogens is 442 g/mol. The van der Waals surface area contributed by atoms with Gasteiger partial charge in [0.2, 0.25) is 0 Å². The summed E-state index contributed by atoms with van der Waals surface area (Å²) in [6.45, 7) is 7.59. The number of aromatic nitrogens is 2. The molecule has 0 spiro atoms. The van der Waals surface area contributed by atoms with Gasteiger partial charge in [0.25, 0.3) is 5.91 Å². The molecule has 186 valence electrons. The van der Waals surface area contributed by atoms with E-state index in [4.69, 9.17) is 9.47 Å². The van der Waals surface area contributed by atoms with E-state index in [0.29, 0.717) is 11.4 Å². The van der Waals surface area contributed by atoms with Gasteiger partial charge in [0.1, 0.15) is 17.3 Å². The highest BCUT2D eigenvalue weighted by Crippen LogP contribution is 2.24. The van der Waals surface area contributed by atoms with Crippen LogP contribution in [0.25, 0.3) is 0 Å². The summed E-state index contributed by atoms with van der Waals surface area (Å²) in [5, 5.41) is 10.2. The molecule has 1 saturated heterocycles. The number of benzene rings is 2. The molecule has 1 fully saturated rings. The van der Waals surface area contributed by atoms with Gasteiger partial charge in [0.05, 0.1) is 19.9 Å². The fourth-order valence-electron chi connectivity index (χ4n) is 4.40. The molecule has 2 N–H and O–H groups in total. The second-order valence-electron chi connectivity index (χ2n) is 8.77. The Morgan fingerprint density at radius 3 is 2.40 bits per heavy atom. The zero-order chi connectivity index (χ0) is 24.6. The Balaban J connectivity index is 1.32. The Hall–Kier alpha value is -3.52. The van der Waals surface area contributed by atoms with Crippen molar-refractivity contribution in [3.63, 3.8) is 0 Å². The molecule has 35 heavy (non-hydrogen) atoms. The summed E-state index contributed by atoms with van der Waals surface area (Å²) in [6.07, 6.45) is 2.66. The van der Waals surface area contributed by atoms with Crippen LogP contribution >= 0.6 is 0 Å². The van der Waals surface area contributed by atoms with Crippen molar-refractivity contribution >= 4 is 17.4 Å². The molecule has 2 heterocycles. The van der Waals surface area contributed by atoms with E-state index in [2.05, 4.69) is 32.2 Å². The topological polar surface area (TPSA) is 82.7 Å². The lowest BCUT2D eigenvalue weighted by molar-refractivity contribution is 0.102. The summed E-state index contributed by atoms with van der Waals surface area (Å²) in [7, 11) is 3.28. The van der Waals surface area contributed by atoms with Crippen LogP contribution in [0.1, 0.15) is 35.0 Å². The molecule has 1 amide bonds. The minimum absolute atomic E-state index is 0.155. The molecule has 1 aromatic heterocycles. The minimum atomic E-state index is -0.155. The highest BCUT2D eigenvalue weighted by Gasteiger charge is 2.15. The van der Waals surface area contributed by atoms with Gasteiger partial charge in [0.15, 0.2) is 0 Å². The third kappa shape index (κ3) is 6.54. The second-order valence-corrected chi connectivity index (χ2v) is 8.77. The van der Waals surface area contributed by atoms with Crippen LogP contribution in [0.2, 0.25) is 0 Å². The molecule has 0 unspecified atom stereocenters. The molecule has 0 bridgehead atoms. The number of nitrogens with one attached hydrogen (secondary N) is 2.